The zero-order chi connectivity index (χ0) is 15.3. The second kappa shape index (κ2) is 7.24. The van der Waals surface area contributed by atoms with Crippen LogP contribution < -0.4 is 14.9 Å². The van der Waals surface area contributed by atoms with Crippen LogP contribution in [0.2, 0.25) is 0 Å². The third kappa shape index (κ3) is 3.96. The molecule has 1 heterocycles. The Kier molecular flexibility index (Phi) is 5.61. The summed E-state index contributed by atoms with van der Waals surface area (Å²) in [6, 6.07) is 7.77. The normalized spacial score (nSPS) is 17.1. The Bertz CT molecular complexity index is 552. The van der Waals surface area contributed by atoms with Gasteiger partial charge < -0.3 is 10.2 Å². The van der Waals surface area contributed by atoms with Crippen LogP contribution >= 0.6 is 0 Å². The number of hydrogen-bond donors (Lipinski definition) is 2. The molecule has 0 radical (unpaired) electrons. The SMILES string of the molecule is CCCNC1CCN(c2ccccc2S(=O)(=O)NC)CC1. The molecule has 5 nitrogen and oxygen atoms in total. The lowest BCUT2D eigenvalue weighted by Gasteiger charge is -2.35. The molecule has 0 unspecified atom stereocenters. The summed E-state index contributed by atoms with van der Waals surface area (Å²) in [4.78, 5) is 2.54. The maximum Gasteiger partial charge on any atom is 0.242 e. The van der Waals surface area contributed by atoms with Gasteiger partial charge in [-0.25, -0.2) is 13.1 Å². The standard InChI is InChI=1S/C15H25N3O2S/c1-3-10-17-13-8-11-18(12-9-13)14-6-4-5-7-15(14)21(19,20)16-2/h4-7,13,16-17H,3,8-12H2,1-2H3. The Morgan fingerprint density at radius 2 is 1.90 bits per heavy atom. The monoisotopic (exact) mass is 311 g/mol. The van der Waals surface area contributed by atoms with Crippen LogP contribution in [0.25, 0.3) is 0 Å². The van der Waals surface area contributed by atoms with Gasteiger partial charge in [-0.1, -0.05) is 19.1 Å². The minimum Gasteiger partial charge on any atom is -0.370 e. The summed E-state index contributed by atoms with van der Waals surface area (Å²) in [6.45, 7) is 4.99. The van der Waals surface area contributed by atoms with Gasteiger partial charge in [0, 0.05) is 19.1 Å². The van der Waals surface area contributed by atoms with E-state index in [9.17, 15) is 8.42 Å². The predicted octanol–water partition coefficient (Wildman–Crippen LogP) is 1.56. The number of hydrogen-bond acceptors (Lipinski definition) is 4. The van der Waals surface area contributed by atoms with Gasteiger partial charge >= 0.3 is 0 Å². The van der Waals surface area contributed by atoms with Gasteiger partial charge in [-0.3, -0.25) is 0 Å². The minimum atomic E-state index is -3.41. The van der Waals surface area contributed by atoms with Crippen molar-refractivity contribution in [1.82, 2.24) is 10.0 Å². The highest BCUT2D eigenvalue weighted by atomic mass is 32.2. The fraction of sp³-hybridized carbons (Fsp3) is 0.600. The van der Waals surface area contributed by atoms with Crippen molar-refractivity contribution < 1.29 is 8.42 Å². The fourth-order valence-corrected chi connectivity index (χ4v) is 3.68. The minimum absolute atomic E-state index is 0.368. The molecule has 1 fully saturated rings. The molecule has 0 aromatic heterocycles. The first-order valence-corrected chi connectivity index (χ1v) is 9.07. The van der Waals surface area contributed by atoms with E-state index >= 15 is 0 Å². The third-order valence-corrected chi connectivity index (χ3v) is 5.40. The lowest BCUT2D eigenvalue weighted by Crippen LogP contribution is -2.43. The molecule has 2 rings (SSSR count). The summed E-state index contributed by atoms with van der Waals surface area (Å²) in [7, 11) is -1.96. The first-order chi connectivity index (χ1) is 10.1. The highest BCUT2D eigenvalue weighted by Crippen LogP contribution is 2.27. The van der Waals surface area contributed by atoms with Crippen molar-refractivity contribution in [2.24, 2.45) is 0 Å². The number of benzene rings is 1. The van der Waals surface area contributed by atoms with Crippen LogP contribution in [-0.4, -0.2) is 41.1 Å². The van der Waals surface area contributed by atoms with Crippen molar-refractivity contribution in [3.63, 3.8) is 0 Å². The zero-order valence-electron chi connectivity index (χ0n) is 12.8. The molecule has 1 saturated heterocycles. The molecule has 21 heavy (non-hydrogen) atoms. The van der Waals surface area contributed by atoms with Crippen LogP contribution in [0.15, 0.2) is 29.2 Å². The van der Waals surface area contributed by atoms with Crippen LogP contribution in [0.5, 0.6) is 0 Å². The van der Waals surface area contributed by atoms with Crippen molar-refractivity contribution in [2.45, 2.75) is 37.1 Å². The Morgan fingerprint density at radius 1 is 1.24 bits per heavy atom. The molecule has 1 aromatic carbocycles. The zero-order valence-corrected chi connectivity index (χ0v) is 13.6. The molecule has 6 heteroatoms. The van der Waals surface area contributed by atoms with E-state index in [4.69, 9.17) is 0 Å². The highest BCUT2D eigenvalue weighted by Gasteiger charge is 2.24. The Hall–Kier alpha value is -1.11. The van der Waals surface area contributed by atoms with Crippen LogP contribution in [0.3, 0.4) is 0 Å². The largest absolute Gasteiger partial charge is 0.370 e. The number of nitrogens with zero attached hydrogens (tertiary/aromatic N) is 1. The van der Waals surface area contributed by atoms with E-state index < -0.39 is 10.0 Å². The Balaban J connectivity index is 2.11. The Morgan fingerprint density at radius 3 is 2.52 bits per heavy atom. The van der Waals surface area contributed by atoms with Gasteiger partial charge in [-0.05, 0) is 45.0 Å². The lowest BCUT2D eigenvalue weighted by molar-refractivity contribution is 0.415. The van der Waals surface area contributed by atoms with E-state index in [1.54, 1.807) is 12.1 Å². The van der Waals surface area contributed by atoms with E-state index in [-0.39, 0.29) is 0 Å². The Labute approximate surface area is 127 Å². The van der Waals surface area contributed by atoms with Gasteiger partial charge in [0.05, 0.1) is 5.69 Å². The summed E-state index contributed by atoms with van der Waals surface area (Å²) in [5.41, 5.74) is 0.806. The molecular formula is C15H25N3O2S. The predicted molar refractivity (Wildman–Crippen MR) is 86.2 cm³/mol. The first kappa shape index (κ1) is 16.3. The average molecular weight is 311 g/mol. The molecule has 1 aliphatic heterocycles. The molecular weight excluding hydrogens is 286 g/mol. The first-order valence-electron chi connectivity index (χ1n) is 7.59. The van der Waals surface area contributed by atoms with Crippen LogP contribution in [0.1, 0.15) is 26.2 Å². The van der Waals surface area contributed by atoms with Crippen molar-refractivity contribution in [3.05, 3.63) is 24.3 Å². The third-order valence-electron chi connectivity index (χ3n) is 3.94. The topological polar surface area (TPSA) is 61.4 Å². The summed E-state index contributed by atoms with van der Waals surface area (Å²) >= 11 is 0. The van der Waals surface area contributed by atoms with Crippen molar-refractivity contribution >= 4 is 15.7 Å². The average Bonchev–Trinajstić information content (AvgIpc) is 2.53. The van der Waals surface area contributed by atoms with Gasteiger partial charge in [0.15, 0.2) is 0 Å². The summed E-state index contributed by atoms with van der Waals surface area (Å²) < 4.78 is 26.6. The number of piperidine rings is 1. The van der Waals surface area contributed by atoms with Crippen LogP contribution in [-0.2, 0) is 10.0 Å². The second-order valence-electron chi connectivity index (χ2n) is 5.39. The number of sulfonamides is 1. The van der Waals surface area contributed by atoms with Gasteiger partial charge in [0.1, 0.15) is 4.90 Å². The van der Waals surface area contributed by atoms with Crippen molar-refractivity contribution in [1.29, 1.82) is 0 Å². The molecule has 0 amide bonds. The number of rotatable bonds is 6. The molecule has 2 N–H and O–H groups in total. The molecule has 0 saturated carbocycles. The number of para-hydroxylation sites is 1. The van der Waals surface area contributed by atoms with E-state index in [0.29, 0.717) is 10.9 Å². The van der Waals surface area contributed by atoms with E-state index in [1.807, 2.05) is 12.1 Å². The molecule has 0 aliphatic carbocycles. The molecule has 0 bridgehead atoms. The van der Waals surface area contributed by atoms with Crippen LogP contribution in [0.4, 0.5) is 5.69 Å². The maximum atomic E-state index is 12.1. The number of nitrogens with one attached hydrogen (secondary N) is 2. The highest BCUT2D eigenvalue weighted by molar-refractivity contribution is 7.89. The molecule has 1 aliphatic rings. The van der Waals surface area contributed by atoms with E-state index in [0.717, 1.165) is 44.6 Å². The summed E-state index contributed by atoms with van der Waals surface area (Å²) in [5, 5.41) is 3.54. The van der Waals surface area contributed by atoms with Crippen LogP contribution in [0, 0.1) is 0 Å². The van der Waals surface area contributed by atoms with Gasteiger partial charge in [-0.2, -0.15) is 0 Å². The molecule has 1 aromatic rings. The summed E-state index contributed by atoms with van der Waals surface area (Å²) in [6.07, 6.45) is 3.24. The maximum absolute atomic E-state index is 12.1. The fourth-order valence-electron chi connectivity index (χ4n) is 2.73. The number of anilines is 1. The van der Waals surface area contributed by atoms with E-state index in [1.165, 1.54) is 7.05 Å². The van der Waals surface area contributed by atoms with Crippen molar-refractivity contribution in [2.75, 3.05) is 31.6 Å². The van der Waals surface area contributed by atoms with E-state index in [2.05, 4.69) is 21.9 Å². The van der Waals surface area contributed by atoms with Gasteiger partial charge in [-0.15, -0.1) is 0 Å². The lowest BCUT2D eigenvalue weighted by atomic mass is 10.0. The van der Waals surface area contributed by atoms with Crippen molar-refractivity contribution in [3.8, 4) is 0 Å². The molecule has 0 spiro atoms. The smallest absolute Gasteiger partial charge is 0.242 e. The molecule has 118 valence electrons. The summed E-state index contributed by atoms with van der Waals surface area (Å²) in [5.74, 6) is 0. The van der Waals surface area contributed by atoms with Gasteiger partial charge in [0.2, 0.25) is 10.0 Å². The van der Waals surface area contributed by atoms with Gasteiger partial charge in [0.25, 0.3) is 0 Å². The second-order valence-corrected chi connectivity index (χ2v) is 7.25. The quantitative estimate of drug-likeness (QED) is 0.837. The molecule has 0 atom stereocenters.